The average Bonchev–Trinajstić information content (AvgIpc) is 2.70. The first kappa shape index (κ1) is 20.1. The topological polar surface area (TPSA) is 64.0 Å². The number of hydrogen-bond donors (Lipinski definition) is 1. The van der Waals surface area contributed by atoms with Crippen molar-refractivity contribution in [3.8, 4) is 0 Å². The van der Waals surface area contributed by atoms with Crippen molar-refractivity contribution >= 4 is 28.6 Å². The lowest BCUT2D eigenvalue weighted by molar-refractivity contribution is -0.118. The summed E-state index contributed by atoms with van der Waals surface area (Å²) in [6, 6.07) is 15.8. The molecule has 146 valence electrons. The van der Waals surface area contributed by atoms with E-state index in [-0.39, 0.29) is 17.2 Å². The van der Waals surface area contributed by atoms with E-state index in [0.29, 0.717) is 28.5 Å². The van der Waals surface area contributed by atoms with Crippen LogP contribution in [0.4, 0.5) is 0 Å². The Balaban J connectivity index is 1.52. The van der Waals surface area contributed by atoms with Crippen LogP contribution in [0.5, 0.6) is 0 Å². The number of aromatic nitrogens is 2. The largest absolute Gasteiger partial charge is 0.355 e. The fourth-order valence-electron chi connectivity index (χ4n) is 2.92. The molecule has 1 amide bonds. The first-order chi connectivity index (χ1) is 13.5. The van der Waals surface area contributed by atoms with Gasteiger partial charge in [-0.05, 0) is 35.6 Å². The van der Waals surface area contributed by atoms with Gasteiger partial charge in [-0.3, -0.25) is 14.2 Å². The predicted octanol–water partition coefficient (Wildman–Crippen LogP) is 3.51. The number of nitrogens with one attached hydrogen (secondary N) is 1. The zero-order valence-electron chi connectivity index (χ0n) is 16.4. The van der Waals surface area contributed by atoms with Crippen LogP contribution in [0.3, 0.4) is 0 Å². The van der Waals surface area contributed by atoms with Gasteiger partial charge in [-0.1, -0.05) is 62.0 Å². The highest BCUT2D eigenvalue weighted by Crippen LogP contribution is 2.17. The summed E-state index contributed by atoms with van der Waals surface area (Å²) in [6.07, 6.45) is 0.793. The molecule has 5 nitrogen and oxygen atoms in total. The third-order valence-electron chi connectivity index (χ3n) is 4.66. The minimum absolute atomic E-state index is 0.0637. The van der Waals surface area contributed by atoms with Crippen LogP contribution in [-0.4, -0.2) is 27.8 Å². The third-order valence-corrected chi connectivity index (χ3v) is 5.69. The van der Waals surface area contributed by atoms with E-state index in [9.17, 15) is 9.59 Å². The second-order valence-electron chi connectivity index (χ2n) is 7.06. The third kappa shape index (κ3) is 4.81. The summed E-state index contributed by atoms with van der Waals surface area (Å²) in [7, 11) is 1.68. The first-order valence-electron chi connectivity index (χ1n) is 9.40. The second kappa shape index (κ2) is 9.06. The van der Waals surface area contributed by atoms with Gasteiger partial charge in [-0.15, -0.1) is 0 Å². The molecule has 0 radical (unpaired) electrons. The number of rotatable bonds is 7. The van der Waals surface area contributed by atoms with E-state index in [4.69, 9.17) is 0 Å². The molecule has 3 rings (SSSR count). The summed E-state index contributed by atoms with van der Waals surface area (Å²) in [5.74, 6) is 0.682. The van der Waals surface area contributed by atoms with Gasteiger partial charge in [0.1, 0.15) is 0 Å². The molecule has 6 heteroatoms. The Morgan fingerprint density at radius 2 is 1.86 bits per heavy atom. The Bertz CT molecular complexity index is 1030. The summed E-state index contributed by atoms with van der Waals surface area (Å²) >= 11 is 1.28. The smallest absolute Gasteiger partial charge is 0.261 e. The molecule has 28 heavy (non-hydrogen) atoms. The van der Waals surface area contributed by atoms with Crippen LogP contribution < -0.4 is 10.9 Å². The quantitative estimate of drug-likeness (QED) is 0.491. The molecular weight excluding hydrogens is 370 g/mol. The summed E-state index contributed by atoms with van der Waals surface area (Å²) < 4.78 is 1.50. The summed E-state index contributed by atoms with van der Waals surface area (Å²) in [4.78, 5) is 29.1. The molecule has 0 spiro atoms. The maximum atomic E-state index is 12.4. The van der Waals surface area contributed by atoms with E-state index in [2.05, 4.69) is 48.4 Å². The number of nitrogens with zero attached hydrogens (tertiary/aromatic N) is 2. The molecule has 3 aromatic rings. The Morgan fingerprint density at radius 1 is 1.14 bits per heavy atom. The Hall–Kier alpha value is -2.60. The van der Waals surface area contributed by atoms with Crippen molar-refractivity contribution in [2.24, 2.45) is 7.05 Å². The van der Waals surface area contributed by atoms with Crippen LogP contribution >= 0.6 is 11.8 Å². The van der Waals surface area contributed by atoms with Crippen molar-refractivity contribution in [3.05, 3.63) is 70.0 Å². The monoisotopic (exact) mass is 395 g/mol. The molecule has 0 unspecified atom stereocenters. The standard InChI is InChI=1S/C22H25N3O2S/c1-15(2)17-10-8-16(9-11-17)12-13-23-20(26)14-28-22-24-19-7-5-4-6-18(19)21(27)25(22)3/h4-11,15H,12-14H2,1-3H3,(H,23,26). The van der Waals surface area contributed by atoms with Gasteiger partial charge in [0.15, 0.2) is 5.16 Å². The van der Waals surface area contributed by atoms with Gasteiger partial charge in [0, 0.05) is 13.6 Å². The van der Waals surface area contributed by atoms with Crippen molar-refractivity contribution in [1.82, 2.24) is 14.9 Å². The zero-order valence-corrected chi connectivity index (χ0v) is 17.3. The fourth-order valence-corrected chi connectivity index (χ4v) is 3.72. The van der Waals surface area contributed by atoms with Crippen molar-refractivity contribution in [2.45, 2.75) is 31.3 Å². The van der Waals surface area contributed by atoms with Crippen LogP contribution in [0.15, 0.2) is 58.5 Å². The number of fused-ring (bicyclic) bond motifs is 1. The van der Waals surface area contributed by atoms with Crippen LogP contribution in [0.1, 0.15) is 30.9 Å². The predicted molar refractivity (Wildman–Crippen MR) is 115 cm³/mol. The van der Waals surface area contributed by atoms with E-state index in [1.807, 2.05) is 18.2 Å². The Labute approximate surface area is 169 Å². The van der Waals surface area contributed by atoms with Gasteiger partial charge in [-0.2, -0.15) is 0 Å². The molecule has 0 saturated carbocycles. The SMILES string of the molecule is CC(C)c1ccc(CCNC(=O)CSc2nc3ccccc3c(=O)n2C)cc1. The number of carbonyl (C=O) groups excluding carboxylic acids is 1. The summed E-state index contributed by atoms with van der Waals surface area (Å²) in [5.41, 5.74) is 3.07. The number of para-hydroxylation sites is 1. The molecule has 0 atom stereocenters. The van der Waals surface area contributed by atoms with E-state index >= 15 is 0 Å². The number of benzene rings is 2. The van der Waals surface area contributed by atoms with E-state index < -0.39 is 0 Å². The highest BCUT2D eigenvalue weighted by atomic mass is 32.2. The van der Waals surface area contributed by atoms with Crippen molar-refractivity contribution in [3.63, 3.8) is 0 Å². The molecule has 0 aliphatic rings. The van der Waals surface area contributed by atoms with E-state index in [1.54, 1.807) is 13.1 Å². The number of hydrogen-bond acceptors (Lipinski definition) is 4. The fraction of sp³-hybridized carbons (Fsp3) is 0.318. The molecule has 0 saturated heterocycles. The summed E-state index contributed by atoms with van der Waals surface area (Å²) in [5, 5.41) is 4.07. The van der Waals surface area contributed by atoms with E-state index in [0.717, 1.165) is 6.42 Å². The van der Waals surface area contributed by atoms with Crippen molar-refractivity contribution in [2.75, 3.05) is 12.3 Å². The van der Waals surface area contributed by atoms with Crippen molar-refractivity contribution in [1.29, 1.82) is 0 Å². The number of amides is 1. The molecule has 1 aromatic heterocycles. The lowest BCUT2D eigenvalue weighted by Crippen LogP contribution is -2.28. The van der Waals surface area contributed by atoms with Crippen LogP contribution in [-0.2, 0) is 18.3 Å². The number of carbonyl (C=O) groups is 1. The van der Waals surface area contributed by atoms with Crippen LogP contribution in [0.2, 0.25) is 0 Å². The highest BCUT2D eigenvalue weighted by Gasteiger charge is 2.10. The van der Waals surface area contributed by atoms with Gasteiger partial charge in [-0.25, -0.2) is 4.98 Å². The molecule has 0 bridgehead atoms. The molecule has 2 aromatic carbocycles. The molecule has 0 fully saturated rings. The van der Waals surface area contributed by atoms with E-state index in [1.165, 1.54) is 27.5 Å². The minimum Gasteiger partial charge on any atom is -0.355 e. The highest BCUT2D eigenvalue weighted by molar-refractivity contribution is 7.99. The van der Waals surface area contributed by atoms with Crippen molar-refractivity contribution < 1.29 is 4.79 Å². The van der Waals surface area contributed by atoms with Gasteiger partial charge < -0.3 is 5.32 Å². The van der Waals surface area contributed by atoms with Gasteiger partial charge in [0.05, 0.1) is 16.7 Å². The van der Waals surface area contributed by atoms with Gasteiger partial charge in [0.2, 0.25) is 5.91 Å². The lowest BCUT2D eigenvalue weighted by atomic mass is 10.0. The molecule has 0 aliphatic heterocycles. The lowest BCUT2D eigenvalue weighted by Gasteiger charge is -2.09. The van der Waals surface area contributed by atoms with Crippen LogP contribution in [0.25, 0.3) is 10.9 Å². The number of thioether (sulfide) groups is 1. The Morgan fingerprint density at radius 3 is 2.57 bits per heavy atom. The minimum atomic E-state index is -0.0987. The maximum absolute atomic E-state index is 12.4. The second-order valence-corrected chi connectivity index (χ2v) is 8.00. The van der Waals surface area contributed by atoms with Gasteiger partial charge >= 0.3 is 0 Å². The molecule has 1 N–H and O–H groups in total. The normalized spacial score (nSPS) is 11.1. The molecular formula is C22H25N3O2S. The average molecular weight is 396 g/mol. The zero-order chi connectivity index (χ0) is 20.1. The summed E-state index contributed by atoms with van der Waals surface area (Å²) in [6.45, 7) is 4.94. The molecule has 0 aliphatic carbocycles. The maximum Gasteiger partial charge on any atom is 0.261 e. The first-order valence-corrected chi connectivity index (χ1v) is 10.4. The van der Waals surface area contributed by atoms with Crippen LogP contribution in [0, 0.1) is 0 Å². The Kier molecular flexibility index (Phi) is 6.52. The van der Waals surface area contributed by atoms with Gasteiger partial charge in [0.25, 0.3) is 5.56 Å². The molecule has 1 heterocycles.